The van der Waals surface area contributed by atoms with Crippen LogP contribution in [0.3, 0.4) is 0 Å². The number of hydrogen-bond donors (Lipinski definition) is 0. The summed E-state index contributed by atoms with van der Waals surface area (Å²) in [6.07, 6.45) is 1.43. The Morgan fingerprint density at radius 3 is 2.59 bits per heavy atom. The highest BCUT2D eigenvalue weighted by molar-refractivity contribution is 5.79. The van der Waals surface area contributed by atoms with Crippen LogP contribution in [0.1, 0.15) is 18.4 Å². The highest BCUT2D eigenvalue weighted by atomic mass is 16.1. The summed E-state index contributed by atoms with van der Waals surface area (Å²) in [6.45, 7) is 2.77. The van der Waals surface area contributed by atoms with Crippen molar-refractivity contribution in [2.24, 2.45) is 0 Å². The third kappa shape index (κ3) is 3.30. The number of likely N-dealkylation sites (tertiary alicyclic amines) is 1. The predicted molar refractivity (Wildman–Crippen MR) is 70.3 cm³/mol. The number of nitrogens with zero attached hydrogens (tertiary/aromatic N) is 2. The number of ketones is 1. The molecule has 1 saturated heterocycles. The van der Waals surface area contributed by atoms with Crippen molar-refractivity contribution in [2.75, 3.05) is 32.1 Å². The Hall–Kier alpha value is -1.35. The van der Waals surface area contributed by atoms with Crippen molar-refractivity contribution < 1.29 is 4.79 Å². The zero-order valence-electron chi connectivity index (χ0n) is 10.6. The van der Waals surface area contributed by atoms with Gasteiger partial charge in [-0.3, -0.25) is 9.69 Å². The Labute approximate surface area is 103 Å². The number of anilines is 1. The quantitative estimate of drug-likeness (QED) is 0.795. The fourth-order valence-corrected chi connectivity index (χ4v) is 2.15. The first-order valence-electron chi connectivity index (χ1n) is 6.15. The molecule has 0 unspecified atom stereocenters. The largest absolute Gasteiger partial charge is 0.378 e. The number of carbonyl (C=O) groups is 1. The van der Waals surface area contributed by atoms with Gasteiger partial charge in [-0.25, -0.2) is 0 Å². The number of carbonyl (C=O) groups excluding carboxylic acids is 1. The second-order valence-electron chi connectivity index (χ2n) is 4.88. The van der Waals surface area contributed by atoms with Gasteiger partial charge in [0.2, 0.25) is 0 Å². The standard InChI is InChI=1S/C14H20N2O/c1-15(2)13-5-3-4-12(10-13)11-16-8-6-14(17)7-9-16/h3-5,10H,6-9,11H2,1-2H3. The van der Waals surface area contributed by atoms with Gasteiger partial charge in [-0.05, 0) is 17.7 Å². The second kappa shape index (κ2) is 5.32. The lowest BCUT2D eigenvalue weighted by atomic mass is 10.1. The topological polar surface area (TPSA) is 23.6 Å². The summed E-state index contributed by atoms with van der Waals surface area (Å²) in [4.78, 5) is 15.6. The summed E-state index contributed by atoms with van der Waals surface area (Å²) < 4.78 is 0. The molecule has 0 saturated carbocycles. The lowest BCUT2D eigenvalue weighted by Gasteiger charge is -2.26. The van der Waals surface area contributed by atoms with E-state index in [4.69, 9.17) is 0 Å². The van der Waals surface area contributed by atoms with Gasteiger partial charge in [0, 0.05) is 52.3 Å². The van der Waals surface area contributed by atoms with Crippen LogP contribution >= 0.6 is 0 Å². The minimum Gasteiger partial charge on any atom is -0.378 e. The molecule has 0 aliphatic carbocycles. The lowest BCUT2D eigenvalue weighted by molar-refractivity contribution is -0.121. The van der Waals surface area contributed by atoms with Gasteiger partial charge in [0.25, 0.3) is 0 Å². The molecule has 1 fully saturated rings. The molecule has 0 atom stereocenters. The second-order valence-corrected chi connectivity index (χ2v) is 4.88. The van der Waals surface area contributed by atoms with Crippen LogP contribution in [0.2, 0.25) is 0 Å². The van der Waals surface area contributed by atoms with Gasteiger partial charge in [0.1, 0.15) is 5.78 Å². The highest BCUT2D eigenvalue weighted by Gasteiger charge is 2.15. The van der Waals surface area contributed by atoms with Crippen LogP contribution in [0.15, 0.2) is 24.3 Å². The number of benzene rings is 1. The average molecular weight is 232 g/mol. The molecule has 1 aromatic rings. The van der Waals surface area contributed by atoms with E-state index in [1.807, 2.05) is 0 Å². The van der Waals surface area contributed by atoms with Crippen LogP contribution in [0.4, 0.5) is 5.69 Å². The molecule has 0 N–H and O–H groups in total. The molecule has 92 valence electrons. The third-order valence-electron chi connectivity index (χ3n) is 3.25. The summed E-state index contributed by atoms with van der Waals surface area (Å²) in [5.41, 5.74) is 2.56. The molecule has 1 aliphatic rings. The Kier molecular flexibility index (Phi) is 3.79. The Bertz CT molecular complexity index is 391. The molecule has 0 radical (unpaired) electrons. The van der Waals surface area contributed by atoms with E-state index >= 15 is 0 Å². The number of hydrogen-bond acceptors (Lipinski definition) is 3. The maximum absolute atomic E-state index is 11.2. The summed E-state index contributed by atoms with van der Waals surface area (Å²) >= 11 is 0. The molecule has 3 nitrogen and oxygen atoms in total. The number of rotatable bonds is 3. The zero-order valence-corrected chi connectivity index (χ0v) is 10.6. The third-order valence-corrected chi connectivity index (χ3v) is 3.25. The zero-order chi connectivity index (χ0) is 12.3. The molecule has 1 aromatic carbocycles. The summed E-state index contributed by atoms with van der Waals surface area (Å²) in [5.74, 6) is 0.406. The van der Waals surface area contributed by atoms with E-state index in [1.165, 1.54) is 11.3 Å². The van der Waals surface area contributed by atoms with Crippen molar-refractivity contribution in [3.63, 3.8) is 0 Å². The normalized spacial score (nSPS) is 17.2. The molecule has 3 heteroatoms. The van der Waals surface area contributed by atoms with Crippen LogP contribution in [-0.2, 0) is 11.3 Å². The van der Waals surface area contributed by atoms with E-state index in [0.717, 1.165) is 19.6 Å². The molecule has 0 amide bonds. The Balaban J connectivity index is 1.98. The van der Waals surface area contributed by atoms with Crippen molar-refractivity contribution in [3.8, 4) is 0 Å². The van der Waals surface area contributed by atoms with Gasteiger partial charge in [-0.15, -0.1) is 0 Å². The Morgan fingerprint density at radius 1 is 1.24 bits per heavy atom. The van der Waals surface area contributed by atoms with Gasteiger partial charge in [0.05, 0.1) is 0 Å². The van der Waals surface area contributed by atoms with E-state index in [2.05, 4.69) is 48.2 Å². The highest BCUT2D eigenvalue weighted by Crippen LogP contribution is 2.16. The van der Waals surface area contributed by atoms with E-state index < -0.39 is 0 Å². The van der Waals surface area contributed by atoms with Crippen molar-refractivity contribution in [3.05, 3.63) is 29.8 Å². The van der Waals surface area contributed by atoms with E-state index in [9.17, 15) is 4.79 Å². The van der Waals surface area contributed by atoms with Crippen molar-refractivity contribution >= 4 is 11.5 Å². The fourth-order valence-electron chi connectivity index (χ4n) is 2.15. The molecular weight excluding hydrogens is 212 g/mol. The fraction of sp³-hybridized carbons (Fsp3) is 0.500. The van der Waals surface area contributed by atoms with Crippen LogP contribution < -0.4 is 4.90 Å². The average Bonchev–Trinajstić information content (AvgIpc) is 2.32. The lowest BCUT2D eigenvalue weighted by Crippen LogP contribution is -2.33. The van der Waals surface area contributed by atoms with E-state index in [1.54, 1.807) is 0 Å². The van der Waals surface area contributed by atoms with Crippen LogP contribution in [0, 0.1) is 0 Å². The maximum atomic E-state index is 11.2. The van der Waals surface area contributed by atoms with Gasteiger partial charge in [-0.2, -0.15) is 0 Å². The van der Waals surface area contributed by atoms with Crippen LogP contribution in [-0.4, -0.2) is 37.9 Å². The van der Waals surface area contributed by atoms with Crippen molar-refractivity contribution in [2.45, 2.75) is 19.4 Å². The molecule has 0 bridgehead atoms. The first-order chi connectivity index (χ1) is 8.15. The molecule has 0 spiro atoms. The smallest absolute Gasteiger partial charge is 0.135 e. The summed E-state index contributed by atoms with van der Waals surface area (Å²) in [7, 11) is 4.11. The van der Waals surface area contributed by atoms with Gasteiger partial charge < -0.3 is 4.90 Å². The predicted octanol–water partition coefficient (Wildman–Crippen LogP) is 1.92. The van der Waals surface area contributed by atoms with Gasteiger partial charge in [0.15, 0.2) is 0 Å². The van der Waals surface area contributed by atoms with Crippen LogP contribution in [0.5, 0.6) is 0 Å². The van der Waals surface area contributed by atoms with Crippen molar-refractivity contribution in [1.82, 2.24) is 4.90 Å². The number of piperidine rings is 1. The summed E-state index contributed by atoms with van der Waals surface area (Å²) in [6, 6.07) is 8.59. The van der Waals surface area contributed by atoms with E-state index in [0.29, 0.717) is 18.6 Å². The molecule has 1 aliphatic heterocycles. The molecule has 1 heterocycles. The van der Waals surface area contributed by atoms with Gasteiger partial charge >= 0.3 is 0 Å². The first-order valence-corrected chi connectivity index (χ1v) is 6.15. The minimum atomic E-state index is 0.406. The maximum Gasteiger partial charge on any atom is 0.135 e. The summed E-state index contributed by atoms with van der Waals surface area (Å²) in [5, 5.41) is 0. The SMILES string of the molecule is CN(C)c1cccc(CN2CCC(=O)CC2)c1. The molecule has 17 heavy (non-hydrogen) atoms. The van der Waals surface area contributed by atoms with E-state index in [-0.39, 0.29) is 0 Å². The monoisotopic (exact) mass is 232 g/mol. The Morgan fingerprint density at radius 2 is 1.94 bits per heavy atom. The van der Waals surface area contributed by atoms with Crippen molar-refractivity contribution in [1.29, 1.82) is 0 Å². The molecular formula is C14H20N2O. The van der Waals surface area contributed by atoms with Gasteiger partial charge in [-0.1, -0.05) is 12.1 Å². The molecule has 2 rings (SSSR count). The molecule has 0 aromatic heterocycles. The minimum absolute atomic E-state index is 0.406. The van der Waals surface area contributed by atoms with Crippen LogP contribution in [0.25, 0.3) is 0 Å². The first kappa shape index (κ1) is 12.1. The number of Topliss-reactive ketones (excluding diaryl/α,β-unsaturated/α-hetero) is 1.